The first-order valence-corrected chi connectivity index (χ1v) is 6.57. The molecule has 0 aliphatic carbocycles. The normalized spacial score (nSPS) is 13.9. The summed E-state index contributed by atoms with van der Waals surface area (Å²) in [6.07, 6.45) is 0.953. The maximum atomic E-state index is 6.03. The predicted molar refractivity (Wildman–Crippen MR) is 71.8 cm³/mol. The molecule has 0 radical (unpaired) electrons. The SMILES string of the molecule is CC[C@H](N)c1ccc(SC(C)(C)C)nc1C. The smallest absolute Gasteiger partial charge is 0.0968 e. The molecule has 1 aromatic heterocycles. The van der Waals surface area contributed by atoms with Gasteiger partial charge in [-0.05, 0) is 25.0 Å². The van der Waals surface area contributed by atoms with Gasteiger partial charge in [0.1, 0.15) is 0 Å². The minimum atomic E-state index is 0.112. The zero-order valence-corrected chi connectivity index (χ0v) is 11.7. The van der Waals surface area contributed by atoms with Crippen molar-refractivity contribution in [2.45, 2.75) is 56.9 Å². The Morgan fingerprint density at radius 2 is 2.00 bits per heavy atom. The van der Waals surface area contributed by atoms with Gasteiger partial charge in [-0.2, -0.15) is 0 Å². The number of thioether (sulfide) groups is 1. The molecule has 0 spiro atoms. The molecule has 0 aliphatic heterocycles. The van der Waals surface area contributed by atoms with Crippen molar-refractivity contribution in [2.24, 2.45) is 5.73 Å². The third kappa shape index (κ3) is 3.80. The van der Waals surface area contributed by atoms with Gasteiger partial charge in [0, 0.05) is 16.5 Å². The van der Waals surface area contributed by atoms with Crippen LogP contribution in [0.3, 0.4) is 0 Å². The Bertz CT molecular complexity index is 355. The summed E-state index contributed by atoms with van der Waals surface area (Å²) in [6, 6.07) is 4.31. The molecule has 2 N–H and O–H groups in total. The van der Waals surface area contributed by atoms with Gasteiger partial charge in [0.15, 0.2) is 0 Å². The highest BCUT2D eigenvalue weighted by Crippen LogP contribution is 2.31. The van der Waals surface area contributed by atoms with Crippen LogP contribution >= 0.6 is 11.8 Å². The maximum absolute atomic E-state index is 6.03. The summed E-state index contributed by atoms with van der Waals surface area (Å²) < 4.78 is 0.202. The van der Waals surface area contributed by atoms with E-state index in [0.29, 0.717) is 0 Å². The first kappa shape index (κ1) is 13.5. The Hall–Kier alpha value is -0.540. The van der Waals surface area contributed by atoms with E-state index in [1.807, 2.05) is 6.92 Å². The maximum Gasteiger partial charge on any atom is 0.0968 e. The molecule has 0 aliphatic rings. The topological polar surface area (TPSA) is 38.9 Å². The predicted octanol–water partition coefficient (Wildman–Crippen LogP) is 3.69. The highest BCUT2D eigenvalue weighted by Gasteiger charge is 2.14. The quantitative estimate of drug-likeness (QED) is 0.816. The van der Waals surface area contributed by atoms with Crippen LogP contribution in [0.2, 0.25) is 0 Å². The fourth-order valence-corrected chi connectivity index (χ4v) is 2.48. The summed E-state index contributed by atoms with van der Waals surface area (Å²) in [5.41, 5.74) is 8.25. The Labute approximate surface area is 103 Å². The third-order valence-corrected chi connectivity index (χ3v) is 3.40. The summed E-state index contributed by atoms with van der Waals surface area (Å²) in [6.45, 7) is 10.7. The van der Waals surface area contributed by atoms with Crippen LogP contribution in [-0.2, 0) is 0 Å². The molecule has 2 nitrogen and oxygen atoms in total. The minimum absolute atomic E-state index is 0.112. The van der Waals surface area contributed by atoms with Crippen molar-refractivity contribution in [1.29, 1.82) is 0 Å². The number of hydrogen-bond donors (Lipinski definition) is 1. The van der Waals surface area contributed by atoms with Crippen molar-refractivity contribution in [1.82, 2.24) is 4.98 Å². The molecule has 1 atom stereocenters. The largest absolute Gasteiger partial charge is 0.324 e. The molecule has 0 saturated carbocycles. The van der Waals surface area contributed by atoms with Gasteiger partial charge in [-0.3, -0.25) is 0 Å². The summed E-state index contributed by atoms with van der Waals surface area (Å²) in [4.78, 5) is 4.61. The second kappa shape index (κ2) is 5.19. The fraction of sp³-hybridized carbons (Fsp3) is 0.615. The highest BCUT2D eigenvalue weighted by atomic mass is 32.2. The van der Waals surface area contributed by atoms with Gasteiger partial charge < -0.3 is 5.73 Å². The highest BCUT2D eigenvalue weighted by molar-refractivity contribution is 8.00. The van der Waals surface area contributed by atoms with Crippen LogP contribution in [0.4, 0.5) is 0 Å². The molecule has 0 amide bonds. The summed E-state index contributed by atoms with van der Waals surface area (Å²) in [5, 5.41) is 1.08. The van der Waals surface area contributed by atoms with E-state index in [2.05, 4.69) is 44.8 Å². The zero-order valence-electron chi connectivity index (χ0n) is 10.9. The van der Waals surface area contributed by atoms with E-state index in [1.54, 1.807) is 11.8 Å². The van der Waals surface area contributed by atoms with E-state index in [4.69, 9.17) is 5.73 Å². The van der Waals surface area contributed by atoms with E-state index in [9.17, 15) is 0 Å². The molecule has 0 unspecified atom stereocenters. The number of aromatic nitrogens is 1. The van der Waals surface area contributed by atoms with Gasteiger partial charge >= 0.3 is 0 Å². The second-order valence-corrected chi connectivity index (χ2v) is 6.90. The molecule has 0 fully saturated rings. The molecule has 1 aromatic rings. The van der Waals surface area contributed by atoms with Crippen LogP contribution in [0.1, 0.15) is 51.4 Å². The summed E-state index contributed by atoms with van der Waals surface area (Å²) in [5.74, 6) is 0. The van der Waals surface area contributed by atoms with Gasteiger partial charge in [-0.1, -0.05) is 33.8 Å². The van der Waals surface area contributed by atoms with Crippen molar-refractivity contribution >= 4 is 11.8 Å². The average molecular weight is 238 g/mol. The van der Waals surface area contributed by atoms with Crippen LogP contribution in [0.5, 0.6) is 0 Å². The standard InChI is InChI=1S/C13H22N2S/c1-6-11(14)10-7-8-12(15-9(10)2)16-13(3,4)5/h7-8,11H,6,14H2,1-5H3/t11-/m0/s1. The number of rotatable bonds is 3. The molecule has 90 valence electrons. The Balaban J connectivity index is 2.91. The van der Waals surface area contributed by atoms with Crippen LogP contribution in [0, 0.1) is 6.92 Å². The number of pyridine rings is 1. The second-order valence-electron chi connectivity index (χ2n) is 5.05. The average Bonchev–Trinajstić information content (AvgIpc) is 2.14. The Morgan fingerprint density at radius 1 is 1.38 bits per heavy atom. The van der Waals surface area contributed by atoms with Crippen LogP contribution in [-0.4, -0.2) is 9.73 Å². The number of aryl methyl sites for hydroxylation is 1. The molecular weight excluding hydrogens is 216 g/mol. The van der Waals surface area contributed by atoms with E-state index in [1.165, 1.54) is 5.56 Å². The molecule has 0 aromatic carbocycles. The van der Waals surface area contributed by atoms with E-state index >= 15 is 0 Å². The Kier molecular flexibility index (Phi) is 4.39. The summed E-state index contributed by atoms with van der Waals surface area (Å²) >= 11 is 1.79. The first-order valence-electron chi connectivity index (χ1n) is 5.75. The molecule has 3 heteroatoms. The van der Waals surface area contributed by atoms with Gasteiger partial charge in [0.2, 0.25) is 0 Å². The summed E-state index contributed by atoms with van der Waals surface area (Å²) in [7, 11) is 0. The van der Waals surface area contributed by atoms with Gasteiger partial charge in [0.25, 0.3) is 0 Å². The van der Waals surface area contributed by atoms with Crippen molar-refractivity contribution in [3.63, 3.8) is 0 Å². The van der Waals surface area contributed by atoms with Gasteiger partial charge in [-0.25, -0.2) is 4.98 Å². The monoisotopic (exact) mass is 238 g/mol. The molecule has 16 heavy (non-hydrogen) atoms. The van der Waals surface area contributed by atoms with E-state index < -0.39 is 0 Å². The lowest BCUT2D eigenvalue weighted by Gasteiger charge is -2.18. The van der Waals surface area contributed by atoms with Crippen LogP contribution in [0.15, 0.2) is 17.2 Å². The van der Waals surface area contributed by atoms with E-state index in [-0.39, 0.29) is 10.8 Å². The molecule has 0 bridgehead atoms. The number of hydrogen-bond acceptors (Lipinski definition) is 3. The number of nitrogens with two attached hydrogens (primary N) is 1. The van der Waals surface area contributed by atoms with E-state index in [0.717, 1.165) is 17.1 Å². The van der Waals surface area contributed by atoms with Crippen molar-refractivity contribution < 1.29 is 0 Å². The van der Waals surface area contributed by atoms with Crippen LogP contribution < -0.4 is 5.73 Å². The molecule has 1 heterocycles. The van der Waals surface area contributed by atoms with Gasteiger partial charge in [-0.15, -0.1) is 11.8 Å². The number of nitrogens with zero attached hydrogens (tertiary/aromatic N) is 1. The van der Waals surface area contributed by atoms with Crippen molar-refractivity contribution in [2.75, 3.05) is 0 Å². The molecular formula is C13H22N2S. The van der Waals surface area contributed by atoms with Crippen molar-refractivity contribution in [3.05, 3.63) is 23.4 Å². The Morgan fingerprint density at radius 3 is 2.44 bits per heavy atom. The molecule has 1 rings (SSSR count). The molecule has 0 saturated heterocycles. The minimum Gasteiger partial charge on any atom is -0.324 e. The van der Waals surface area contributed by atoms with Gasteiger partial charge in [0.05, 0.1) is 5.03 Å². The lowest BCUT2D eigenvalue weighted by atomic mass is 10.0. The zero-order chi connectivity index (χ0) is 12.3. The van der Waals surface area contributed by atoms with Crippen molar-refractivity contribution in [3.8, 4) is 0 Å². The van der Waals surface area contributed by atoms with Crippen LogP contribution in [0.25, 0.3) is 0 Å². The fourth-order valence-electron chi connectivity index (χ4n) is 1.53. The first-order chi connectivity index (χ1) is 7.33. The lowest BCUT2D eigenvalue weighted by molar-refractivity contribution is 0.685. The lowest BCUT2D eigenvalue weighted by Crippen LogP contribution is -2.12. The third-order valence-electron chi connectivity index (χ3n) is 2.35.